The van der Waals surface area contributed by atoms with E-state index < -0.39 is 6.04 Å². The number of hydrogen-bond donors (Lipinski definition) is 2. The van der Waals surface area contributed by atoms with Crippen molar-refractivity contribution in [1.82, 2.24) is 0 Å². The zero-order chi connectivity index (χ0) is 9.14. The van der Waals surface area contributed by atoms with E-state index in [0.717, 1.165) is 0 Å². The van der Waals surface area contributed by atoms with Crippen LogP contribution in [0.5, 0.6) is 0 Å². The molecule has 3 N–H and O–H groups in total. The van der Waals surface area contributed by atoms with Crippen LogP contribution in [0.4, 0.5) is 0 Å². The Morgan fingerprint density at radius 2 is 2.08 bits per heavy atom. The van der Waals surface area contributed by atoms with Crippen LogP contribution in [0.15, 0.2) is 18.2 Å². The van der Waals surface area contributed by atoms with Gasteiger partial charge in [-0.15, -0.1) is 0 Å². The number of aliphatic hydroxyl groups is 1. The molecule has 12 heavy (non-hydrogen) atoms. The van der Waals surface area contributed by atoms with E-state index in [2.05, 4.69) is 0 Å². The molecule has 0 spiro atoms. The highest BCUT2D eigenvalue weighted by Crippen LogP contribution is 2.24. The van der Waals surface area contributed by atoms with Crippen LogP contribution >= 0.6 is 23.2 Å². The molecule has 2 nitrogen and oxygen atoms in total. The average Bonchev–Trinajstić information content (AvgIpc) is 2.03. The molecule has 0 unspecified atom stereocenters. The molecule has 66 valence electrons. The number of rotatable bonds is 2. The Morgan fingerprint density at radius 1 is 1.42 bits per heavy atom. The van der Waals surface area contributed by atoms with Gasteiger partial charge >= 0.3 is 0 Å². The van der Waals surface area contributed by atoms with Gasteiger partial charge in [-0.25, -0.2) is 0 Å². The molecule has 0 aliphatic carbocycles. The van der Waals surface area contributed by atoms with Crippen LogP contribution in [-0.2, 0) is 0 Å². The monoisotopic (exact) mass is 205 g/mol. The largest absolute Gasteiger partial charge is 0.394 e. The van der Waals surface area contributed by atoms with Crippen LogP contribution in [-0.4, -0.2) is 11.7 Å². The van der Waals surface area contributed by atoms with E-state index in [-0.39, 0.29) is 6.61 Å². The molecule has 1 atom stereocenters. The Morgan fingerprint density at radius 3 is 2.58 bits per heavy atom. The molecule has 1 rings (SSSR count). The lowest BCUT2D eigenvalue weighted by Gasteiger charge is -2.10. The van der Waals surface area contributed by atoms with Crippen molar-refractivity contribution in [2.75, 3.05) is 6.61 Å². The lowest BCUT2D eigenvalue weighted by molar-refractivity contribution is 0.268. The summed E-state index contributed by atoms with van der Waals surface area (Å²) in [6.07, 6.45) is 0. The second-order valence-corrected chi connectivity index (χ2v) is 3.30. The third-order valence-corrected chi connectivity index (χ3v) is 2.12. The van der Waals surface area contributed by atoms with E-state index in [1.165, 1.54) is 0 Å². The fraction of sp³-hybridized carbons (Fsp3) is 0.250. The molecule has 4 heteroatoms. The van der Waals surface area contributed by atoms with Gasteiger partial charge in [0.05, 0.1) is 12.6 Å². The molecule has 0 aliphatic heterocycles. The molecule has 0 fully saturated rings. The Labute approximate surface area is 80.9 Å². The van der Waals surface area contributed by atoms with Crippen molar-refractivity contribution in [2.45, 2.75) is 6.04 Å². The summed E-state index contributed by atoms with van der Waals surface area (Å²) in [6, 6.07) is 4.58. The van der Waals surface area contributed by atoms with E-state index in [4.69, 9.17) is 34.0 Å². The first-order chi connectivity index (χ1) is 5.65. The SMILES string of the molecule is N[C@@H](CO)c1ccc(Cl)cc1Cl. The first-order valence-electron chi connectivity index (χ1n) is 3.46. The lowest BCUT2D eigenvalue weighted by Crippen LogP contribution is -2.14. The van der Waals surface area contributed by atoms with Crippen LogP contribution in [0, 0.1) is 0 Å². The van der Waals surface area contributed by atoms with Crippen molar-refractivity contribution >= 4 is 23.2 Å². The van der Waals surface area contributed by atoms with Gasteiger partial charge in [0, 0.05) is 10.0 Å². The molecule has 0 saturated carbocycles. The maximum absolute atomic E-state index is 8.77. The van der Waals surface area contributed by atoms with Crippen LogP contribution in [0.2, 0.25) is 10.0 Å². The molecular weight excluding hydrogens is 197 g/mol. The highest BCUT2D eigenvalue weighted by molar-refractivity contribution is 6.35. The zero-order valence-electron chi connectivity index (χ0n) is 6.30. The third-order valence-electron chi connectivity index (χ3n) is 1.56. The quantitative estimate of drug-likeness (QED) is 0.777. The predicted octanol–water partition coefficient (Wildman–Crippen LogP) is 1.99. The number of nitrogens with two attached hydrogens (primary N) is 1. The molecule has 0 amide bonds. The Hall–Kier alpha value is -0.280. The number of halogens is 2. The average molecular weight is 206 g/mol. The van der Waals surface area contributed by atoms with E-state index >= 15 is 0 Å². The maximum Gasteiger partial charge on any atom is 0.0624 e. The smallest absolute Gasteiger partial charge is 0.0624 e. The van der Waals surface area contributed by atoms with Crippen molar-refractivity contribution in [3.63, 3.8) is 0 Å². The zero-order valence-corrected chi connectivity index (χ0v) is 7.81. The fourth-order valence-corrected chi connectivity index (χ4v) is 1.45. The fourth-order valence-electron chi connectivity index (χ4n) is 0.901. The van der Waals surface area contributed by atoms with Crippen molar-refractivity contribution < 1.29 is 5.11 Å². The molecule has 0 heterocycles. The summed E-state index contributed by atoms with van der Waals surface area (Å²) in [5.41, 5.74) is 6.28. The summed E-state index contributed by atoms with van der Waals surface area (Å²) in [6.45, 7) is -0.124. The minimum Gasteiger partial charge on any atom is -0.394 e. The van der Waals surface area contributed by atoms with Gasteiger partial charge in [0.25, 0.3) is 0 Å². The Balaban J connectivity index is 3.01. The molecule has 0 aliphatic rings. The first-order valence-corrected chi connectivity index (χ1v) is 4.22. The standard InChI is InChI=1S/C8H9Cl2NO/c9-5-1-2-6(7(10)3-5)8(11)4-12/h1-3,8,12H,4,11H2/t8-/m0/s1. The van der Waals surface area contributed by atoms with Crippen LogP contribution in [0.25, 0.3) is 0 Å². The van der Waals surface area contributed by atoms with Crippen LogP contribution in [0.3, 0.4) is 0 Å². The first kappa shape index (κ1) is 9.81. The highest BCUT2D eigenvalue weighted by Gasteiger charge is 2.08. The highest BCUT2D eigenvalue weighted by atomic mass is 35.5. The van der Waals surface area contributed by atoms with Gasteiger partial charge in [-0.2, -0.15) is 0 Å². The summed E-state index contributed by atoms with van der Waals surface area (Å²) in [7, 11) is 0. The lowest BCUT2D eigenvalue weighted by atomic mass is 10.1. The van der Waals surface area contributed by atoms with E-state index in [1.54, 1.807) is 18.2 Å². The van der Waals surface area contributed by atoms with Gasteiger partial charge in [0.2, 0.25) is 0 Å². The minimum absolute atomic E-state index is 0.124. The molecule has 0 bridgehead atoms. The van der Waals surface area contributed by atoms with Gasteiger partial charge in [-0.1, -0.05) is 29.3 Å². The summed E-state index contributed by atoms with van der Waals surface area (Å²) in [5.74, 6) is 0. The summed E-state index contributed by atoms with van der Waals surface area (Å²) in [5, 5.41) is 9.82. The van der Waals surface area contributed by atoms with Gasteiger partial charge in [-0.05, 0) is 17.7 Å². The van der Waals surface area contributed by atoms with E-state index in [0.29, 0.717) is 15.6 Å². The van der Waals surface area contributed by atoms with Crippen LogP contribution in [0.1, 0.15) is 11.6 Å². The van der Waals surface area contributed by atoms with Gasteiger partial charge in [-0.3, -0.25) is 0 Å². The van der Waals surface area contributed by atoms with Crippen molar-refractivity contribution in [1.29, 1.82) is 0 Å². The van der Waals surface area contributed by atoms with Gasteiger partial charge in [0.1, 0.15) is 0 Å². The van der Waals surface area contributed by atoms with E-state index in [1.807, 2.05) is 0 Å². The molecule has 0 aromatic heterocycles. The number of hydrogen-bond acceptors (Lipinski definition) is 2. The van der Waals surface area contributed by atoms with E-state index in [9.17, 15) is 0 Å². The van der Waals surface area contributed by atoms with Crippen molar-refractivity contribution in [2.24, 2.45) is 5.73 Å². The molecular formula is C8H9Cl2NO. The Bertz CT molecular complexity index is 278. The topological polar surface area (TPSA) is 46.2 Å². The normalized spacial score (nSPS) is 13.0. The molecule has 0 saturated heterocycles. The maximum atomic E-state index is 8.77. The van der Waals surface area contributed by atoms with Crippen molar-refractivity contribution in [3.8, 4) is 0 Å². The second-order valence-electron chi connectivity index (χ2n) is 2.45. The summed E-state index contributed by atoms with van der Waals surface area (Å²) < 4.78 is 0. The second kappa shape index (κ2) is 4.10. The Kier molecular flexibility index (Phi) is 3.35. The summed E-state index contributed by atoms with van der Waals surface area (Å²) >= 11 is 11.5. The predicted molar refractivity (Wildman–Crippen MR) is 50.5 cm³/mol. The number of aliphatic hydroxyl groups excluding tert-OH is 1. The number of benzene rings is 1. The van der Waals surface area contributed by atoms with Crippen LogP contribution < -0.4 is 5.73 Å². The molecule has 0 radical (unpaired) electrons. The third kappa shape index (κ3) is 2.11. The molecule has 1 aromatic carbocycles. The molecule has 1 aromatic rings. The van der Waals surface area contributed by atoms with Gasteiger partial charge < -0.3 is 10.8 Å². The minimum atomic E-state index is -0.435. The summed E-state index contributed by atoms with van der Waals surface area (Å²) in [4.78, 5) is 0. The van der Waals surface area contributed by atoms with Gasteiger partial charge in [0.15, 0.2) is 0 Å². The van der Waals surface area contributed by atoms with Crippen molar-refractivity contribution in [3.05, 3.63) is 33.8 Å².